The Balaban J connectivity index is -0.000000133. The van der Waals surface area contributed by atoms with E-state index in [9.17, 15) is 0 Å². The van der Waals surface area contributed by atoms with Crippen LogP contribution in [0.25, 0.3) is 0 Å². The van der Waals surface area contributed by atoms with Crippen LogP contribution in [0, 0.1) is 0 Å². The topological polar surface area (TPSA) is 576 Å². The third-order valence-electron chi connectivity index (χ3n) is 16.6. The van der Waals surface area contributed by atoms with Crippen molar-refractivity contribution in [3.05, 3.63) is 0 Å². The van der Waals surface area contributed by atoms with E-state index in [4.69, 9.17) is 184 Å². The van der Waals surface area contributed by atoms with Crippen LogP contribution in [0.15, 0.2) is 0 Å². The van der Waals surface area contributed by atoms with E-state index in [0.29, 0.717) is 137 Å². The van der Waals surface area contributed by atoms with Crippen LogP contribution in [-0.2, 0) is 106 Å². The van der Waals surface area contributed by atoms with Crippen molar-refractivity contribution >= 4 is 96.8 Å². The van der Waals surface area contributed by atoms with E-state index in [1.807, 2.05) is 130 Å². The van der Waals surface area contributed by atoms with Crippen LogP contribution >= 0.6 is 0 Å². The molecule has 0 saturated carbocycles. The molecule has 0 heterocycles. The molecular formula is C74H203N11O33Si11. The highest BCUT2D eigenvalue weighted by molar-refractivity contribution is 6.63. The van der Waals surface area contributed by atoms with Gasteiger partial charge in [0.1, 0.15) is 0 Å². The molecule has 0 spiro atoms. The molecule has 0 aliphatic heterocycles. The highest BCUT2D eigenvalue weighted by atomic mass is 28.4. The number of hydrogen-bond acceptors (Lipinski definition) is 44. The van der Waals surface area contributed by atoms with Crippen molar-refractivity contribution in [1.82, 2.24) is 24.5 Å². The zero-order valence-electron chi connectivity index (χ0n) is 87.3. The molecule has 0 radical (unpaired) electrons. The molecule has 0 bridgehead atoms. The Labute approximate surface area is 795 Å². The summed E-state index contributed by atoms with van der Waals surface area (Å²) in [4.78, 5) is 85.7. The van der Waals surface area contributed by atoms with E-state index in [2.05, 4.69) is 47.8 Å². The van der Waals surface area contributed by atoms with Crippen LogP contribution in [0.4, 0.5) is 0 Å². The molecule has 0 fully saturated rings. The maximum absolute atomic E-state index is 8.56. The minimum atomic E-state index is -3.78. The van der Waals surface area contributed by atoms with Crippen molar-refractivity contribution in [1.29, 1.82) is 0 Å². The van der Waals surface area contributed by atoms with Crippen molar-refractivity contribution in [3.63, 3.8) is 0 Å². The van der Waals surface area contributed by atoms with Gasteiger partial charge in [-0.3, -0.25) is 0 Å². The number of nitrogens with zero attached hydrogens (tertiary/aromatic N) is 5. The lowest BCUT2D eigenvalue weighted by Gasteiger charge is -2.29. The van der Waals surface area contributed by atoms with Crippen molar-refractivity contribution < 1.29 is 149 Å². The third-order valence-corrected chi connectivity index (χ3v) is 43.2. The van der Waals surface area contributed by atoms with E-state index in [1.54, 1.807) is 85.3 Å². The molecule has 0 saturated heterocycles. The van der Waals surface area contributed by atoms with Crippen LogP contribution in [0.3, 0.4) is 0 Å². The molecule has 44 nitrogen and oxygen atoms in total. The fourth-order valence-electron chi connectivity index (χ4n) is 10.3. The molecule has 0 aromatic carbocycles. The largest absolute Gasteiger partial charge is 0.502 e. The summed E-state index contributed by atoms with van der Waals surface area (Å²) in [5, 5.41) is 0. The van der Waals surface area contributed by atoms with Crippen molar-refractivity contribution in [3.8, 4) is 0 Å². The summed E-state index contributed by atoms with van der Waals surface area (Å²) in [5.74, 6) is 0. The van der Waals surface area contributed by atoms with E-state index in [0.717, 1.165) is 94.7 Å². The molecule has 0 aromatic rings. The zero-order valence-corrected chi connectivity index (χ0v) is 98.3. The van der Waals surface area contributed by atoms with Crippen LogP contribution in [0.1, 0.15) is 122 Å². The summed E-state index contributed by atoms with van der Waals surface area (Å²) >= 11 is 0. The van der Waals surface area contributed by atoms with Gasteiger partial charge in [0, 0.05) is 244 Å². The van der Waals surface area contributed by atoms with Gasteiger partial charge in [-0.25, -0.2) is 0 Å². The molecule has 0 unspecified atom stereocenters. The zero-order chi connectivity index (χ0) is 103. The smallest absolute Gasteiger partial charge is 0.390 e. The van der Waals surface area contributed by atoms with Crippen molar-refractivity contribution in [2.45, 2.75) is 188 Å². The molecule has 21 N–H and O–H groups in total. The van der Waals surface area contributed by atoms with Gasteiger partial charge in [0.2, 0.25) is 0 Å². The maximum atomic E-state index is 8.56. The van der Waals surface area contributed by atoms with Crippen LogP contribution in [-0.4, -0.2) is 472 Å². The first-order chi connectivity index (χ1) is 60.4. The Morgan fingerprint density at radius 1 is 0.171 bits per heavy atom. The number of rotatable bonds is 69. The third kappa shape index (κ3) is 98.6. The van der Waals surface area contributed by atoms with Gasteiger partial charge in [-0.05, 0) is 251 Å². The summed E-state index contributed by atoms with van der Waals surface area (Å²) in [6.07, 6.45) is 4.96. The van der Waals surface area contributed by atoms with E-state index in [-0.39, 0.29) is 24.7 Å². The number of nitrogens with two attached hydrogens (primary N) is 6. The van der Waals surface area contributed by atoms with E-state index < -0.39 is 96.8 Å². The molecule has 0 atom stereocenters. The molecule has 0 rings (SSSR count). The Hall–Kier alpha value is 0.626. The van der Waals surface area contributed by atoms with Crippen LogP contribution < -0.4 is 34.4 Å². The summed E-state index contributed by atoms with van der Waals surface area (Å²) in [6.45, 7) is 38.9. The monoisotopic (exact) mass is 2080 g/mol. The summed E-state index contributed by atoms with van der Waals surface area (Å²) in [6, 6.07) is 6.52. The minimum Gasteiger partial charge on any atom is -0.390 e. The van der Waals surface area contributed by atoms with Crippen LogP contribution in [0.2, 0.25) is 66.5 Å². The molecule has 129 heavy (non-hydrogen) atoms. The maximum Gasteiger partial charge on any atom is 0.502 e. The molecule has 0 amide bonds. The molecule has 55 heteroatoms. The summed E-state index contributed by atoms with van der Waals surface area (Å²) in [5.41, 5.74) is 31.6. The lowest BCUT2D eigenvalue weighted by atomic mass is 10.5. The normalized spacial score (nSPS) is 12.2. The summed E-state index contributed by atoms with van der Waals surface area (Å²) in [7, 11) is 9.37. The fourth-order valence-corrected chi connectivity index (χ4v) is 29.1. The second-order valence-corrected chi connectivity index (χ2v) is 58.0. The average molecular weight is 2080 g/mol. The Kier molecular flexibility index (Phi) is 117. The average Bonchev–Trinajstić information content (AvgIpc) is 0.884. The fraction of sp³-hybridized carbons (Fsp3) is 1.00. The molecular weight excluding hydrogens is 1880 g/mol. The first kappa shape index (κ1) is 152. The molecule has 0 aliphatic rings. The quantitative estimate of drug-likeness (QED) is 0.0388. The molecule has 796 valence electrons. The minimum absolute atomic E-state index is 0.0451. The van der Waals surface area contributed by atoms with E-state index >= 15 is 0 Å². The van der Waals surface area contributed by atoms with Gasteiger partial charge in [0.25, 0.3) is 0 Å². The van der Waals surface area contributed by atoms with Gasteiger partial charge in [0.05, 0.1) is 0 Å². The Morgan fingerprint density at radius 3 is 0.473 bits per heavy atom. The molecule has 0 aromatic heterocycles. The van der Waals surface area contributed by atoms with Crippen molar-refractivity contribution in [2.75, 3.05) is 307 Å². The highest BCUT2D eigenvalue weighted by Gasteiger charge is 2.44. The predicted octanol–water partition coefficient (Wildman–Crippen LogP) is 2.20. The Bertz CT molecular complexity index is 2100. The second-order valence-electron chi connectivity index (χ2n) is 28.6. The summed E-state index contributed by atoms with van der Waals surface area (Å²) < 4.78 is 131. The van der Waals surface area contributed by atoms with Crippen molar-refractivity contribution in [2.24, 2.45) is 34.4 Å². The van der Waals surface area contributed by atoms with Gasteiger partial charge < -0.3 is 208 Å². The van der Waals surface area contributed by atoms with Gasteiger partial charge in [0.15, 0.2) is 0 Å². The first-order valence-electron chi connectivity index (χ1n) is 44.7. The first-order valence-corrected chi connectivity index (χ1v) is 66.3. The van der Waals surface area contributed by atoms with Gasteiger partial charge in [-0.15, -0.1) is 0 Å². The Morgan fingerprint density at radius 2 is 0.310 bits per heavy atom. The second kappa shape index (κ2) is 98.8. The van der Waals surface area contributed by atoms with Gasteiger partial charge >= 0.3 is 96.8 Å². The van der Waals surface area contributed by atoms with Gasteiger partial charge in [-0.2, -0.15) is 0 Å². The highest BCUT2D eigenvalue weighted by Crippen LogP contribution is 2.22. The lowest BCUT2D eigenvalue weighted by Crippen LogP contribution is -2.47. The number of hydrogen-bond donors (Lipinski definition) is 15. The molecule has 0 aliphatic carbocycles. The predicted molar refractivity (Wildman–Crippen MR) is 535 cm³/mol. The SMILES string of the molecule is CCO[Si](CCCN(C)C)(OCC)OCC.CCO[Si](CCCN)(OCC)OCC.CCO[Si](CCN(C)C)(OCC)OCC.CCO[Si](CCN)(OCC)OCC.CN(C)CCC[Si](O)(O)O.CO[Si](CCCN(C)C)(OC)OC.CO[Si](CCCN)(OC)OC.CO[Si](CCN(C)C)(OC)OC.CO[Si](CCN)(OC)OC.NCCC[Si](O)(O)O.NCC[Si](O)(O)O. The van der Waals surface area contributed by atoms with Gasteiger partial charge in [-0.1, -0.05) is 0 Å². The van der Waals surface area contributed by atoms with Crippen LogP contribution in [0.5, 0.6) is 0 Å². The lowest BCUT2D eigenvalue weighted by molar-refractivity contribution is 0.0689. The standard InChI is InChI=1S/C11H27NO3Si.C10H25NO3Si.C9H23NO3Si.2C8H21NO3Si.C7H19NO3Si.C6H17NO3Si.2C5H15NO3Si.C3H11NO3Si.C2H9NO3Si/c1-6-13-16(14-7-2,15-8-3)11-9-10-12(4)5;1-6-12-15(13-7-2,14-8-3)10-9-11(4)5;1-4-11-14(12-5-2,13-6-3)9-7-8-10;1-9(2)7-6-8-13(10-3,11-4)12-5;1-4-10-13(8-7-9,11-5-2)12-6-3;1-8(2)6-7-12(9-3,10-4)11-5;1-8-11(9-2,10-3)6-4-5-7;1-7-10(8-2,9-3)5-4-6;1-6(2)4-3-5-10(7,8)9;4-2-1-3-8(5,6)7;3-1-2-7(4,5)6/h6-11H2,1-5H3;6-10H2,1-5H3;4-10H2,1-3H3;6-8H2,1-5H3;4-9H2,1-3H3;6-7H2,1-5H3;4-7H2,1-3H3;4-6H2,1-3H3;7-9H,3-5H2,1-2H3;5-7H,1-4H2;4-6H,1-3H2. The van der Waals surface area contributed by atoms with E-state index in [1.165, 1.54) is 0 Å².